The lowest BCUT2D eigenvalue weighted by Crippen LogP contribution is -2.30. The van der Waals surface area contributed by atoms with Crippen LogP contribution in [-0.2, 0) is 14.8 Å². The van der Waals surface area contributed by atoms with E-state index < -0.39 is 10.0 Å². The summed E-state index contributed by atoms with van der Waals surface area (Å²) in [7, 11) is -2.07. The minimum absolute atomic E-state index is 0.103. The molecule has 0 unspecified atom stereocenters. The number of ether oxygens (including phenoxy) is 1. The van der Waals surface area contributed by atoms with Gasteiger partial charge in [-0.3, -0.25) is 9.36 Å². The monoisotopic (exact) mass is 574 g/mol. The molecule has 5 aromatic rings. The minimum atomic E-state index is -3.66. The molecule has 1 N–H and O–H groups in total. The van der Waals surface area contributed by atoms with Crippen LogP contribution in [0.15, 0.2) is 95.0 Å². The van der Waals surface area contributed by atoms with Gasteiger partial charge in [-0.05, 0) is 41.8 Å². The van der Waals surface area contributed by atoms with Crippen molar-refractivity contribution in [2.45, 2.75) is 23.9 Å². The number of rotatable bonds is 10. The number of nitrogens with zero attached hydrogens (tertiary/aromatic N) is 3. The molecule has 1 heterocycles. The Labute approximate surface area is 238 Å². The van der Waals surface area contributed by atoms with E-state index in [-0.39, 0.29) is 16.6 Å². The van der Waals surface area contributed by atoms with Crippen LogP contribution in [-0.4, -0.2) is 54.1 Å². The number of benzene rings is 4. The van der Waals surface area contributed by atoms with Crippen LogP contribution in [0.4, 0.5) is 5.69 Å². The molecule has 10 heteroatoms. The second-order valence-electron chi connectivity index (χ2n) is 9.01. The molecule has 0 aliphatic rings. The first-order chi connectivity index (χ1) is 19.4. The number of thioether (sulfide) groups is 1. The summed E-state index contributed by atoms with van der Waals surface area (Å²) in [6.07, 6.45) is 0. The quantitative estimate of drug-likeness (QED) is 0.207. The lowest BCUT2D eigenvalue weighted by atomic mass is 10.1. The highest BCUT2D eigenvalue weighted by atomic mass is 32.2. The summed E-state index contributed by atoms with van der Waals surface area (Å²) in [6.45, 7) is 4.38. The molecule has 1 aromatic heterocycles. The molecule has 0 saturated heterocycles. The molecule has 8 nitrogen and oxygen atoms in total. The molecule has 40 heavy (non-hydrogen) atoms. The van der Waals surface area contributed by atoms with Gasteiger partial charge in [0, 0.05) is 24.2 Å². The van der Waals surface area contributed by atoms with Crippen molar-refractivity contribution < 1.29 is 17.9 Å². The lowest BCUT2D eigenvalue weighted by Gasteiger charge is -2.18. The van der Waals surface area contributed by atoms with Gasteiger partial charge in [0.15, 0.2) is 5.16 Å². The van der Waals surface area contributed by atoms with Crippen LogP contribution in [0.3, 0.4) is 0 Å². The average molecular weight is 575 g/mol. The van der Waals surface area contributed by atoms with Crippen LogP contribution in [0.5, 0.6) is 5.75 Å². The predicted molar refractivity (Wildman–Crippen MR) is 161 cm³/mol. The van der Waals surface area contributed by atoms with Crippen LogP contribution >= 0.6 is 11.8 Å². The van der Waals surface area contributed by atoms with Crippen LogP contribution < -0.4 is 10.1 Å². The number of para-hydroxylation sites is 2. The second kappa shape index (κ2) is 11.7. The van der Waals surface area contributed by atoms with Gasteiger partial charge in [0.2, 0.25) is 15.9 Å². The predicted octanol–water partition coefficient (Wildman–Crippen LogP) is 5.95. The van der Waals surface area contributed by atoms with E-state index in [1.165, 1.54) is 16.1 Å². The molecule has 0 spiro atoms. The topological polar surface area (TPSA) is 93.5 Å². The van der Waals surface area contributed by atoms with Crippen molar-refractivity contribution in [3.63, 3.8) is 0 Å². The van der Waals surface area contributed by atoms with Gasteiger partial charge < -0.3 is 10.1 Å². The summed E-state index contributed by atoms with van der Waals surface area (Å²) in [5.74, 6) is 0.556. The fourth-order valence-electron chi connectivity index (χ4n) is 4.71. The van der Waals surface area contributed by atoms with E-state index in [0.29, 0.717) is 35.0 Å². The fraction of sp³-hybridized carbons (Fsp3) is 0.200. The van der Waals surface area contributed by atoms with E-state index in [4.69, 9.17) is 9.72 Å². The lowest BCUT2D eigenvalue weighted by molar-refractivity contribution is -0.113. The summed E-state index contributed by atoms with van der Waals surface area (Å²) in [4.78, 5) is 18.0. The highest BCUT2D eigenvalue weighted by Gasteiger charge is 2.24. The van der Waals surface area contributed by atoms with E-state index in [0.717, 1.165) is 22.1 Å². The van der Waals surface area contributed by atoms with Gasteiger partial charge in [0.25, 0.3) is 0 Å². The third-order valence-corrected chi connectivity index (χ3v) is 9.64. The van der Waals surface area contributed by atoms with Crippen molar-refractivity contribution in [3.05, 3.63) is 84.9 Å². The number of hydrogen-bond donors (Lipinski definition) is 1. The van der Waals surface area contributed by atoms with Gasteiger partial charge in [-0.1, -0.05) is 74.1 Å². The zero-order valence-corrected chi connectivity index (χ0v) is 24.1. The van der Waals surface area contributed by atoms with E-state index in [1.807, 2.05) is 85.1 Å². The molecule has 1 amide bonds. The molecular weight excluding hydrogens is 544 g/mol. The summed E-state index contributed by atoms with van der Waals surface area (Å²) < 4.78 is 35.3. The Balaban J connectivity index is 1.51. The number of sulfonamides is 1. The molecule has 0 fully saturated rings. The molecule has 206 valence electrons. The first-order valence-corrected chi connectivity index (χ1v) is 15.4. The van der Waals surface area contributed by atoms with E-state index >= 15 is 0 Å². The highest BCUT2D eigenvalue weighted by Crippen LogP contribution is 2.34. The maximum atomic E-state index is 13.2. The van der Waals surface area contributed by atoms with Crippen LogP contribution in [0.25, 0.3) is 27.5 Å². The van der Waals surface area contributed by atoms with Crippen molar-refractivity contribution in [3.8, 4) is 11.4 Å². The molecule has 0 radical (unpaired) electrons. The molecule has 5 rings (SSSR count). The van der Waals surface area contributed by atoms with Crippen molar-refractivity contribution in [2.75, 3.05) is 31.3 Å². The molecule has 0 atom stereocenters. The normalized spacial score (nSPS) is 11.8. The molecule has 0 bridgehead atoms. The minimum Gasteiger partial charge on any atom is -0.495 e. The first kappa shape index (κ1) is 27.7. The number of methoxy groups -OCH3 is 1. The number of nitrogens with one attached hydrogen (secondary N) is 1. The average Bonchev–Trinajstić information content (AvgIpc) is 3.34. The summed E-state index contributed by atoms with van der Waals surface area (Å²) in [6, 6.07) is 26.2. The zero-order chi connectivity index (χ0) is 28.3. The Hall–Kier alpha value is -3.86. The van der Waals surface area contributed by atoms with Crippen LogP contribution in [0, 0.1) is 0 Å². The molecule has 0 aliphatic heterocycles. The number of amides is 1. The Morgan fingerprint density at radius 1 is 0.975 bits per heavy atom. The van der Waals surface area contributed by atoms with Crippen LogP contribution in [0.2, 0.25) is 0 Å². The summed E-state index contributed by atoms with van der Waals surface area (Å²) in [5.41, 5.74) is 2.70. The maximum Gasteiger partial charge on any atom is 0.243 e. The van der Waals surface area contributed by atoms with Gasteiger partial charge in [-0.2, -0.15) is 4.31 Å². The van der Waals surface area contributed by atoms with Gasteiger partial charge >= 0.3 is 0 Å². The zero-order valence-electron chi connectivity index (χ0n) is 22.5. The third-order valence-electron chi connectivity index (χ3n) is 6.66. The number of anilines is 1. The number of imidazole rings is 1. The van der Waals surface area contributed by atoms with E-state index in [2.05, 4.69) is 5.32 Å². The molecular formula is C30H30N4O4S2. The SMILES string of the molecule is CCN(CC)S(=O)(=O)c1ccc2c(c1)nc(SCC(=O)Nc1cccc3ccccc13)n2-c1ccccc1OC. The van der Waals surface area contributed by atoms with Crippen molar-refractivity contribution >= 4 is 55.2 Å². The summed E-state index contributed by atoms with van der Waals surface area (Å²) in [5, 5.41) is 5.57. The van der Waals surface area contributed by atoms with E-state index in [1.54, 1.807) is 25.3 Å². The summed E-state index contributed by atoms with van der Waals surface area (Å²) >= 11 is 1.27. The molecule has 0 saturated carbocycles. The van der Waals surface area contributed by atoms with Gasteiger partial charge in [-0.15, -0.1) is 0 Å². The molecule has 0 aliphatic carbocycles. The fourth-order valence-corrected chi connectivity index (χ4v) is 7.01. The smallest absolute Gasteiger partial charge is 0.243 e. The Bertz CT molecular complexity index is 1790. The van der Waals surface area contributed by atoms with E-state index in [9.17, 15) is 13.2 Å². The first-order valence-electron chi connectivity index (χ1n) is 12.9. The maximum absolute atomic E-state index is 13.2. The van der Waals surface area contributed by atoms with Crippen molar-refractivity contribution in [1.29, 1.82) is 0 Å². The number of fused-ring (bicyclic) bond motifs is 2. The number of hydrogen-bond acceptors (Lipinski definition) is 6. The molecule has 4 aromatic carbocycles. The van der Waals surface area contributed by atoms with Crippen LogP contribution in [0.1, 0.15) is 13.8 Å². The Morgan fingerprint density at radius 2 is 1.70 bits per heavy atom. The second-order valence-corrected chi connectivity index (χ2v) is 11.9. The number of aromatic nitrogens is 2. The Morgan fingerprint density at radius 3 is 2.48 bits per heavy atom. The Kier molecular flexibility index (Phi) is 8.11. The van der Waals surface area contributed by atoms with Crippen molar-refractivity contribution in [2.24, 2.45) is 0 Å². The number of carbonyl (C=O) groups excluding carboxylic acids is 1. The highest BCUT2D eigenvalue weighted by molar-refractivity contribution is 7.99. The van der Waals surface area contributed by atoms with Gasteiger partial charge in [-0.25, -0.2) is 13.4 Å². The number of carbonyl (C=O) groups is 1. The van der Waals surface area contributed by atoms with Gasteiger partial charge in [0.05, 0.1) is 34.5 Å². The third kappa shape index (κ3) is 5.30. The standard InChI is InChI=1S/C30H30N4O4S2/c1-4-33(5-2)40(36,37)22-17-18-26-25(19-22)32-30(34(26)27-15-8-9-16-28(27)38-3)39-20-29(35)31-24-14-10-12-21-11-6-7-13-23(21)24/h6-19H,4-5,20H2,1-3H3,(H,31,35). The largest absolute Gasteiger partial charge is 0.495 e. The van der Waals surface area contributed by atoms with Gasteiger partial charge in [0.1, 0.15) is 5.75 Å². The van der Waals surface area contributed by atoms with Crippen molar-refractivity contribution in [1.82, 2.24) is 13.9 Å².